The lowest BCUT2D eigenvalue weighted by Gasteiger charge is -2.06. The van der Waals surface area contributed by atoms with Crippen LogP contribution in [0.1, 0.15) is 11.3 Å². The van der Waals surface area contributed by atoms with Gasteiger partial charge in [0.05, 0.1) is 17.3 Å². The highest BCUT2D eigenvalue weighted by molar-refractivity contribution is 6.41. The number of hydrogen-bond acceptors (Lipinski definition) is 2. The molecule has 1 aromatic carbocycles. The fraction of sp³-hybridized carbons (Fsp3) is 0.0667. The number of hydrogen-bond donors (Lipinski definition) is 1. The third-order valence-corrected chi connectivity index (χ3v) is 3.89. The third-order valence-electron chi connectivity index (χ3n) is 3.20. The van der Waals surface area contributed by atoms with Crippen LogP contribution < -0.4 is 0 Å². The summed E-state index contributed by atoms with van der Waals surface area (Å²) in [6.45, 7) is 0.613. The van der Waals surface area contributed by atoms with Crippen LogP contribution in [0.25, 0.3) is 10.9 Å². The zero-order valence-corrected chi connectivity index (χ0v) is 12.0. The van der Waals surface area contributed by atoms with E-state index in [0.717, 1.165) is 22.2 Å². The summed E-state index contributed by atoms with van der Waals surface area (Å²) >= 11 is 11.8. The summed E-state index contributed by atoms with van der Waals surface area (Å²) in [4.78, 5) is 4.26. The molecule has 3 nitrogen and oxygen atoms in total. The molecule has 2 heterocycles. The molecule has 2 aromatic heterocycles. The largest absolute Gasteiger partial charge is 0.341 e. The first kappa shape index (κ1) is 13.2. The molecule has 0 unspecified atom stereocenters. The van der Waals surface area contributed by atoms with E-state index >= 15 is 0 Å². The van der Waals surface area contributed by atoms with Crippen molar-refractivity contribution in [2.45, 2.75) is 6.54 Å². The van der Waals surface area contributed by atoms with Gasteiger partial charge < -0.3 is 9.98 Å². The van der Waals surface area contributed by atoms with Crippen LogP contribution in [0.2, 0.25) is 10.2 Å². The molecule has 20 heavy (non-hydrogen) atoms. The van der Waals surface area contributed by atoms with E-state index < -0.39 is 0 Å². The summed E-state index contributed by atoms with van der Waals surface area (Å²) in [5.41, 5.74) is 2.82. The normalized spacial score (nSPS) is 10.9. The Bertz CT molecular complexity index is 793. The van der Waals surface area contributed by atoms with Gasteiger partial charge in [-0.05, 0) is 24.3 Å². The van der Waals surface area contributed by atoms with Gasteiger partial charge in [-0.15, -0.1) is 0 Å². The molecule has 0 saturated heterocycles. The van der Waals surface area contributed by atoms with E-state index in [2.05, 4.69) is 9.55 Å². The van der Waals surface area contributed by atoms with Crippen molar-refractivity contribution in [2.75, 3.05) is 0 Å². The highest BCUT2D eigenvalue weighted by Gasteiger charge is 2.06. The summed E-state index contributed by atoms with van der Waals surface area (Å²) in [6.07, 6.45) is 3.35. The fourth-order valence-electron chi connectivity index (χ4n) is 2.23. The third kappa shape index (κ3) is 2.30. The molecule has 0 atom stereocenters. The quantitative estimate of drug-likeness (QED) is 0.566. The number of halogens is 2. The molecule has 3 aromatic rings. The maximum absolute atomic E-state index is 7.43. The molecule has 100 valence electrons. The van der Waals surface area contributed by atoms with E-state index in [1.807, 2.05) is 36.5 Å². The van der Waals surface area contributed by atoms with E-state index in [0.29, 0.717) is 16.7 Å². The molecule has 5 heteroatoms. The van der Waals surface area contributed by atoms with Crippen molar-refractivity contribution in [1.82, 2.24) is 9.55 Å². The van der Waals surface area contributed by atoms with Gasteiger partial charge in [0.2, 0.25) is 0 Å². The first-order chi connectivity index (χ1) is 9.69. The second-order valence-corrected chi connectivity index (χ2v) is 5.21. The monoisotopic (exact) mass is 303 g/mol. The average Bonchev–Trinajstić information content (AvgIpc) is 2.86. The lowest BCUT2D eigenvalue weighted by Crippen LogP contribution is -2.00. The molecule has 0 aliphatic rings. The van der Waals surface area contributed by atoms with Crippen molar-refractivity contribution in [3.8, 4) is 0 Å². The molecule has 0 radical (unpaired) electrons. The molecular formula is C15H11Cl2N3. The van der Waals surface area contributed by atoms with Crippen molar-refractivity contribution in [2.24, 2.45) is 0 Å². The van der Waals surface area contributed by atoms with Gasteiger partial charge in [-0.3, -0.25) is 0 Å². The van der Waals surface area contributed by atoms with Crippen LogP contribution in [-0.2, 0) is 6.54 Å². The molecule has 0 saturated carbocycles. The molecule has 0 aliphatic heterocycles. The lowest BCUT2D eigenvalue weighted by molar-refractivity contribution is 0.808. The summed E-state index contributed by atoms with van der Waals surface area (Å²) in [7, 11) is 0. The molecule has 0 amide bonds. The zero-order valence-electron chi connectivity index (χ0n) is 10.5. The number of aromatic nitrogens is 2. The second kappa shape index (κ2) is 5.27. The number of nitrogens with zero attached hydrogens (tertiary/aromatic N) is 2. The molecular weight excluding hydrogens is 293 g/mol. The standard InChI is InChI=1S/C15H11Cl2N3/c16-13-5-4-11(19-15(13)17)9-20-7-6-12-10(8-18)2-1-3-14(12)20/h1-8,18H,9H2. The van der Waals surface area contributed by atoms with Gasteiger partial charge in [0.1, 0.15) is 5.15 Å². The van der Waals surface area contributed by atoms with E-state index in [4.69, 9.17) is 28.6 Å². The predicted octanol–water partition coefficient (Wildman–Crippen LogP) is 4.39. The fourth-order valence-corrected chi connectivity index (χ4v) is 2.51. The average molecular weight is 304 g/mol. The molecule has 0 bridgehead atoms. The van der Waals surface area contributed by atoms with Crippen molar-refractivity contribution in [3.63, 3.8) is 0 Å². The van der Waals surface area contributed by atoms with Gasteiger partial charge in [-0.25, -0.2) is 4.98 Å². The Morgan fingerprint density at radius 1 is 1.15 bits per heavy atom. The van der Waals surface area contributed by atoms with Crippen LogP contribution in [-0.4, -0.2) is 15.8 Å². The zero-order chi connectivity index (χ0) is 14.1. The Morgan fingerprint density at radius 3 is 2.75 bits per heavy atom. The highest BCUT2D eigenvalue weighted by atomic mass is 35.5. The SMILES string of the molecule is N=Cc1cccc2c1ccn2Cc1ccc(Cl)c(Cl)n1. The summed E-state index contributed by atoms with van der Waals surface area (Å²) in [5.74, 6) is 0. The first-order valence-corrected chi connectivity index (χ1v) is 6.84. The van der Waals surface area contributed by atoms with Crippen molar-refractivity contribution >= 4 is 40.3 Å². The number of fused-ring (bicyclic) bond motifs is 1. The summed E-state index contributed by atoms with van der Waals surface area (Å²) < 4.78 is 2.08. The van der Waals surface area contributed by atoms with Crippen LogP contribution in [0.5, 0.6) is 0 Å². The Hall–Kier alpha value is -1.84. The van der Waals surface area contributed by atoms with Gasteiger partial charge >= 0.3 is 0 Å². The Balaban J connectivity index is 2.02. The minimum Gasteiger partial charge on any atom is -0.341 e. The maximum atomic E-state index is 7.43. The minimum absolute atomic E-state index is 0.320. The van der Waals surface area contributed by atoms with Gasteiger partial charge in [0.15, 0.2) is 0 Å². The predicted molar refractivity (Wildman–Crippen MR) is 83.2 cm³/mol. The topological polar surface area (TPSA) is 41.7 Å². The smallest absolute Gasteiger partial charge is 0.147 e. The van der Waals surface area contributed by atoms with Crippen LogP contribution in [0.15, 0.2) is 42.6 Å². The number of benzene rings is 1. The van der Waals surface area contributed by atoms with Gasteiger partial charge in [-0.1, -0.05) is 35.3 Å². The van der Waals surface area contributed by atoms with Crippen LogP contribution in [0, 0.1) is 5.41 Å². The maximum Gasteiger partial charge on any atom is 0.147 e. The lowest BCUT2D eigenvalue weighted by atomic mass is 10.1. The van der Waals surface area contributed by atoms with E-state index in [1.54, 1.807) is 6.07 Å². The first-order valence-electron chi connectivity index (χ1n) is 6.08. The molecule has 0 spiro atoms. The van der Waals surface area contributed by atoms with Crippen LogP contribution in [0.3, 0.4) is 0 Å². The summed E-state index contributed by atoms with van der Waals surface area (Å²) in [5, 5.41) is 9.26. The van der Waals surface area contributed by atoms with E-state index in [-0.39, 0.29) is 0 Å². The highest BCUT2D eigenvalue weighted by Crippen LogP contribution is 2.22. The van der Waals surface area contributed by atoms with Gasteiger partial charge in [0, 0.05) is 28.9 Å². The van der Waals surface area contributed by atoms with Gasteiger partial charge in [0.25, 0.3) is 0 Å². The van der Waals surface area contributed by atoms with Crippen molar-refractivity contribution in [1.29, 1.82) is 5.41 Å². The number of nitrogens with one attached hydrogen (secondary N) is 1. The van der Waals surface area contributed by atoms with Gasteiger partial charge in [-0.2, -0.15) is 0 Å². The Morgan fingerprint density at radius 2 is 2.00 bits per heavy atom. The number of rotatable bonds is 3. The van der Waals surface area contributed by atoms with Crippen molar-refractivity contribution < 1.29 is 0 Å². The van der Waals surface area contributed by atoms with E-state index in [1.165, 1.54) is 6.21 Å². The Labute approximate surface area is 126 Å². The molecule has 0 fully saturated rings. The van der Waals surface area contributed by atoms with Crippen molar-refractivity contribution in [3.05, 3.63) is 64.0 Å². The molecule has 3 rings (SSSR count). The van der Waals surface area contributed by atoms with Crippen LogP contribution in [0.4, 0.5) is 0 Å². The van der Waals surface area contributed by atoms with Crippen LogP contribution >= 0.6 is 23.2 Å². The minimum atomic E-state index is 0.320. The summed E-state index contributed by atoms with van der Waals surface area (Å²) in [6, 6.07) is 11.5. The molecule has 0 aliphatic carbocycles. The van der Waals surface area contributed by atoms with E-state index in [9.17, 15) is 0 Å². The number of pyridine rings is 1. The second-order valence-electron chi connectivity index (χ2n) is 4.44. The molecule has 1 N–H and O–H groups in total. The Kier molecular flexibility index (Phi) is 3.47.